The average Bonchev–Trinajstić information content (AvgIpc) is 2.46. The highest BCUT2D eigenvalue weighted by atomic mass is 19.3. The van der Waals surface area contributed by atoms with Crippen molar-refractivity contribution in [1.82, 2.24) is 0 Å². The molecule has 0 N–H and O–H groups in total. The number of alkyl halides is 2. The van der Waals surface area contributed by atoms with E-state index < -0.39 is 17.8 Å². The summed E-state index contributed by atoms with van der Waals surface area (Å²) in [6.07, 6.45) is 5.48. The van der Waals surface area contributed by atoms with Crippen molar-refractivity contribution in [1.29, 1.82) is 0 Å². The Hall–Kier alpha value is -0.990. The molecule has 23 heavy (non-hydrogen) atoms. The van der Waals surface area contributed by atoms with Crippen LogP contribution in [0.4, 0.5) is 13.2 Å². The number of rotatable bonds is 9. The van der Waals surface area contributed by atoms with E-state index in [1.807, 2.05) is 0 Å². The Balaban J connectivity index is 2.77. The van der Waals surface area contributed by atoms with Gasteiger partial charge in [-0.2, -0.15) is 0 Å². The van der Waals surface area contributed by atoms with E-state index in [0.29, 0.717) is 0 Å². The zero-order valence-electron chi connectivity index (χ0n) is 15.0. The van der Waals surface area contributed by atoms with Crippen LogP contribution in [0.3, 0.4) is 0 Å². The van der Waals surface area contributed by atoms with Gasteiger partial charge in [-0.25, -0.2) is 13.2 Å². The maximum Gasteiger partial charge on any atom is 0.266 e. The number of hydrogen-bond donors (Lipinski definition) is 0. The molecule has 0 nitrogen and oxygen atoms in total. The molecule has 0 bridgehead atoms. The summed E-state index contributed by atoms with van der Waals surface area (Å²) in [6, 6.07) is 4.23. The van der Waals surface area contributed by atoms with E-state index in [0.717, 1.165) is 18.4 Å². The van der Waals surface area contributed by atoms with Crippen LogP contribution in [0.5, 0.6) is 0 Å². The second-order valence-corrected chi connectivity index (χ2v) is 7.56. The molecule has 0 heterocycles. The molecule has 0 fully saturated rings. The molecule has 0 saturated heterocycles. The Morgan fingerprint density at radius 3 is 2.13 bits per heavy atom. The highest BCUT2D eigenvalue weighted by molar-refractivity contribution is 5.29. The molecule has 1 aromatic carbocycles. The van der Waals surface area contributed by atoms with Crippen LogP contribution >= 0.6 is 0 Å². The zero-order chi connectivity index (χ0) is 17.5. The molecular formula is C20H31F3. The summed E-state index contributed by atoms with van der Waals surface area (Å²) in [5.74, 6) is -0.636. The van der Waals surface area contributed by atoms with E-state index in [9.17, 15) is 13.2 Å². The predicted octanol–water partition coefficient (Wildman–Crippen LogP) is 7.64. The van der Waals surface area contributed by atoms with E-state index in [1.165, 1.54) is 44.2 Å². The van der Waals surface area contributed by atoms with Gasteiger partial charge in [0.25, 0.3) is 6.43 Å². The van der Waals surface area contributed by atoms with Gasteiger partial charge in [-0.1, -0.05) is 72.3 Å². The van der Waals surface area contributed by atoms with Gasteiger partial charge in [0, 0.05) is 0 Å². The smallest absolute Gasteiger partial charge is 0.206 e. The van der Waals surface area contributed by atoms with Gasteiger partial charge in [-0.3, -0.25) is 0 Å². The van der Waals surface area contributed by atoms with Gasteiger partial charge in [0.05, 0.1) is 5.56 Å². The summed E-state index contributed by atoms with van der Waals surface area (Å²) in [4.78, 5) is 0. The monoisotopic (exact) mass is 328 g/mol. The molecule has 1 aromatic rings. The van der Waals surface area contributed by atoms with E-state index in [-0.39, 0.29) is 11.3 Å². The molecule has 0 saturated carbocycles. The van der Waals surface area contributed by atoms with Crippen molar-refractivity contribution in [3.63, 3.8) is 0 Å². The quantitative estimate of drug-likeness (QED) is 0.408. The van der Waals surface area contributed by atoms with Crippen molar-refractivity contribution in [2.45, 2.75) is 85.0 Å². The lowest BCUT2D eigenvalue weighted by atomic mass is 9.73. The highest BCUT2D eigenvalue weighted by Gasteiger charge is 2.27. The van der Waals surface area contributed by atoms with Crippen LogP contribution in [0, 0.1) is 11.2 Å². The lowest BCUT2D eigenvalue weighted by Gasteiger charge is -2.32. The number of hydrogen-bond acceptors (Lipinski definition) is 0. The Kier molecular flexibility index (Phi) is 8.15. The van der Waals surface area contributed by atoms with Crippen LogP contribution in [-0.2, 0) is 0 Å². The number of unbranched alkanes of at least 4 members (excludes halogenated alkanes) is 5. The second kappa shape index (κ2) is 9.34. The van der Waals surface area contributed by atoms with E-state index in [1.54, 1.807) is 6.07 Å². The first-order valence-corrected chi connectivity index (χ1v) is 8.84. The van der Waals surface area contributed by atoms with Gasteiger partial charge in [0.15, 0.2) is 0 Å². The van der Waals surface area contributed by atoms with Crippen LogP contribution in [0.25, 0.3) is 0 Å². The van der Waals surface area contributed by atoms with Gasteiger partial charge in [0.1, 0.15) is 5.82 Å². The van der Waals surface area contributed by atoms with Crippen LogP contribution in [-0.4, -0.2) is 0 Å². The molecule has 1 atom stereocenters. The van der Waals surface area contributed by atoms with Gasteiger partial charge in [-0.15, -0.1) is 0 Å². The van der Waals surface area contributed by atoms with E-state index in [2.05, 4.69) is 27.7 Å². The fraction of sp³-hybridized carbons (Fsp3) is 0.700. The molecule has 132 valence electrons. The summed E-state index contributed by atoms with van der Waals surface area (Å²) < 4.78 is 39.4. The van der Waals surface area contributed by atoms with Crippen LogP contribution in [0.1, 0.15) is 96.1 Å². The Morgan fingerprint density at radius 1 is 0.957 bits per heavy atom. The first-order valence-electron chi connectivity index (χ1n) is 8.84. The Morgan fingerprint density at radius 2 is 1.57 bits per heavy atom. The molecule has 1 rings (SSSR count). The van der Waals surface area contributed by atoms with Gasteiger partial charge < -0.3 is 0 Å². The summed E-state index contributed by atoms with van der Waals surface area (Å²) in [6.45, 7) is 8.57. The minimum Gasteiger partial charge on any atom is -0.206 e. The maximum absolute atomic E-state index is 13.5. The first kappa shape index (κ1) is 20.1. The third-order valence-electron chi connectivity index (χ3n) is 4.55. The van der Waals surface area contributed by atoms with Crippen molar-refractivity contribution in [2.75, 3.05) is 0 Å². The van der Waals surface area contributed by atoms with Crippen molar-refractivity contribution in [2.24, 2.45) is 5.41 Å². The van der Waals surface area contributed by atoms with Gasteiger partial charge >= 0.3 is 0 Å². The largest absolute Gasteiger partial charge is 0.266 e. The number of benzene rings is 1. The van der Waals surface area contributed by atoms with E-state index >= 15 is 0 Å². The molecule has 3 heteroatoms. The maximum atomic E-state index is 13.5. The first-order chi connectivity index (χ1) is 10.8. The number of halogens is 3. The zero-order valence-corrected chi connectivity index (χ0v) is 15.0. The average molecular weight is 328 g/mol. The predicted molar refractivity (Wildman–Crippen MR) is 91.5 cm³/mol. The van der Waals surface area contributed by atoms with Gasteiger partial charge in [-0.05, 0) is 35.4 Å². The van der Waals surface area contributed by atoms with Gasteiger partial charge in [0.2, 0.25) is 0 Å². The molecule has 1 unspecified atom stereocenters. The van der Waals surface area contributed by atoms with E-state index in [4.69, 9.17) is 0 Å². The molecule has 0 aliphatic rings. The molecule has 0 radical (unpaired) electrons. The minimum atomic E-state index is -2.76. The fourth-order valence-electron chi connectivity index (χ4n) is 3.17. The lowest BCUT2D eigenvalue weighted by Crippen LogP contribution is -2.19. The third kappa shape index (κ3) is 6.56. The van der Waals surface area contributed by atoms with Crippen molar-refractivity contribution < 1.29 is 13.2 Å². The SMILES string of the molecule is CCCCCCCCC(c1ccc(F)c(C(F)F)c1)C(C)(C)C. The molecular weight excluding hydrogens is 297 g/mol. The van der Waals surface area contributed by atoms with Crippen molar-refractivity contribution in [3.8, 4) is 0 Å². The van der Waals surface area contributed by atoms with Crippen molar-refractivity contribution >= 4 is 0 Å². The fourth-order valence-corrected chi connectivity index (χ4v) is 3.17. The van der Waals surface area contributed by atoms with Crippen LogP contribution < -0.4 is 0 Å². The minimum absolute atomic E-state index is 0.0271. The molecule has 0 aliphatic heterocycles. The molecule has 0 aliphatic carbocycles. The Labute approximate surface area is 139 Å². The topological polar surface area (TPSA) is 0 Å². The standard InChI is InChI=1S/C20H31F3/c1-5-6-7-8-9-10-11-17(20(2,3)4)15-12-13-18(21)16(14-15)19(22)23/h12-14,17,19H,5-11H2,1-4H3. The second-order valence-electron chi connectivity index (χ2n) is 7.56. The van der Waals surface area contributed by atoms with Crippen LogP contribution in [0.15, 0.2) is 18.2 Å². The summed E-state index contributed by atoms with van der Waals surface area (Å²) in [5.41, 5.74) is 0.336. The normalized spacial score (nSPS) is 13.6. The highest BCUT2D eigenvalue weighted by Crippen LogP contribution is 2.40. The summed E-state index contributed by atoms with van der Waals surface area (Å²) in [5, 5.41) is 0. The molecule has 0 amide bonds. The summed E-state index contributed by atoms with van der Waals surface area (Å²) >= 11 is 0. The lowest BCUT2D eigenvalue weighted by molar-refractivity contribution is 0.146. The molecule has 0 spiro atoms. The Bertz CT molecular complexity index is 460. The van der Waals surface area contributed by atoms with Crippen molar-refractivity contribution in [3.05, 3.63) is 35.1 Å². The van der Waals surface area contributed by atoms with Crippen LogP contribution in [0.2, 0.25) is 0 Å². The molecule has 0 aromatic heterocycles. The summed E-state index contributed by atoms with van der Waals surface area (Å²) in [7, 11) is 0. The third-order valence-corrected chi connectivity index (χ3v) is 4.55.